The van der Waals surface area contributed by atoms with Crippen molar-refractivity contribution in [2.24, 2.45) is 0 Å². The third-order valence-corrected chi connectivity index (χ3v) is 4.34. The topological polar surface area (TPSA) is 79.6 Å². The summed E-state index contributed by atoms with van der Waals surface area (Å²) in [5.41, 5.74) is 8.60. The number of rotatable bonds is 2. The van der Waals surface area contributed by atoms with Crippen LogP contribution in [0.15, 0.2) is 46.9 Å². The predicted octanol–water partition coefficient (Wildman–Crippen LogP) is 4.85. The van der Waals surface area contributed by atoms with E-state index in [2.05, 4.69) is 31.4 Å². The van der Waals surface area contributed by atoms with Gasteiger partial charge in [-0.05, 0) is 42.5 Å². The molecule has 0 aliphatic rings. The van der Waals surface area contributed by atoms with E-state index in [9.17, 15) is 0 Å². The Hall–Kier alpha value is -2.31. The number of nitrogens with zero attached hydrogens (tertiary/aromatic N) is 2. The molecule has 0 unspecified atom stereocenters. The lowest BCUT2D eigenvalue weighted by Crippen LogP contribution is -1.97. The molecule has 4 N–H and O–H groups in total. The van der Waals surface area contributed by atoms with Crippen LogP contribution in [0, 0.1) is 0 Å². The van der Waals surface area contributed by atoms with Crippen LogP contribution in [0.25, 0.3) is 21.8 Å². The second-order valence-electron chi connectivity index (χ2n) is 5.11. The number of anilines is 3. The Morgan fingerprint density at radius 2 is 1.91 bits per heavy atom. The van der Waals surface area contributed by atoms with Gasteiger partial charge in [0.05, 0.1) is 16.4 Å². The minimum atomic E-state index is 0.408. The van der Waals surface area contributed by atoms with Crippen molar-refractivity contribution in [3.05, 3.63) is 52.0 Å². The summed E-state index contributed by atoms with van der Waals surface area (Å²) in [5.74, 6) is 1.06. The zero-order chi connectivity index (χ0) is 16.0. The second kappa shape index (κ2) is 5.40. The minimum absolute atomic E-state index is 0.408. The average Bonchev–Trinajstić information content (AvgIpc) is 2.93. The van der Waals surface area contributed by atoms with Gasteiger partial charge in [-0.2, -0.15) is 5.10 Å². The molecule has 0 radical (unpaired) electrons. The summed E-state index contributed by atoms with van der Waals surface area (Å²) in [6.45, 7) is 0. The van der Waals surface area contributed by atoms with E-state index in [1.165, 1.54) is 0 Å². The number of H-pyrrole nitrogens is 1. The Kier molecular flexibility index (Phi) is 3.36. The fraction of sp³-hybridized carbons (Fsp3) is 0. The first-order valence-electron chi connectivity index (χ1n) is 6.87. The van der Waals surface area contributed by atoms with E-state index in [0.717, 1.165) is 32.0 Å². The molecule has 0 bridgehead atoms. The highest BCUT2D eigenvalue weighted by molar-refractivity contribution is 9.10. The predicted molar refractivity (Wildman–Crippen MR) is 98.2 cm³/mol. The third kappa shape index (κ3) is 2.50. The highest BCUT2D eigenvalue weighted by Gasteiger charge is 2.14. The Balaban J connectivity index is 1.95. The van der Waals surface area contributed by atoms with Crippen LogP contribution in [0.5, 0.6) is 0 Å². The smallest absolute Gasteiger partial charge is 0.156 e. The number of hydrogen-bond acceptors (Lipinski definition) is 4. The van der Waals surface area contributed by atoms with E-state index in [1.54, 1.807) is 0 Å². The lowest BCUT2D eigenvalue weighted by Gasteiger charge is -2.09. The van der Waals surface area contributed by atoms with Crippen molar-refractivity contribution in [1.29, 1.82) is 0 Å². The molecule has 0 aliphatic carbocycles. The highest BCUT2D eigenvalue weighted by atomic mass is 79.9. The van der Waals surface area contributed by atoms with Gasteiger partial charge in [0.2, 0.25) is 0 Å². The molecule has 2 aromatic heterocycles. The molecule has 2 heterocycles. The molecule has 0 aliphatic heterocycles. The van der Waals surface area contributed by atoms with E-state index in [1.807, 2.05) is 42.5 Å². The van der Waals surface area contributed by atoms with Crippen molar-refractivity contribution in [2.45, 2.75) is 0 Å². The van der Waals surface area contributed by atoms with Gasteiger partial charge in [-0.3, -0.25) is 5.10 Å². The van der Waals surface area contributed by atoms with Gasteiger partial charge in [-0.15, -0.1) is 0 Å². The summed E-state index contributed by atoms with van der Waals surface area (Å²) in [6, 6.07) is 13.3. The number of pyridine rings is 1. The van der Waals surface area contributed by atoms with Crippen molar-refractivity contribution in [2.75, 3.05) is 11.1 Å². The Labute approximate surface area is 145 Å². The fourth-order valence-electron chi connectivity index (χ4n) is 2.53. The number of fused-ring (bicyclic) bond motifs is 3. The minimum Gasteiger partial charge on any atom is -0.382 e. The number of nitrogens with two attached hydrogens (primary N) is 1. The number of aromatic nitrogens is 3. The number of nitrogens with one attached hydrogen (secondary N) is 2. The second-order valence-corrected chi connectivity index (χ2v) is 6.46. The van der Waals surface area contributed by atoms with Crippen molar-refractivity contribution in [3.8, 4) is 0 Å². The molecule has 4 aromatic rings. The molecule has 0 amide bonds. The quantitative estimate of drug-likeness (QED) is 0.458. The van der Waals surface area contributed by atoms with E-state index >= 15 is 0 Å². The normalized spacial score (nSPS) is 11.2. The average molecular weight is 389 g/mol. The summed E-state index contributed by atoms with van der Waals surface area (Å²) in [6.07, 6.45) is 0. The van der Waals surface area contributed by atoms with Gasteiger partial charge < -0.3 is 11.1 Å². The van der Waals surface area contributed by atoms with Crippen LogP contribution in [-0.2, 0) is 0 Å². The summed E-state index contributed by atoms with van der Waals surface area (Å²) in [5, 5.41) is 12.8. The maximum atomic E-state index is 6.03. The molecule has 7 heteroatoms. The van der Waals surface area contributed by atoms with E-state index in [0.29, 0.717) is 16.7 Å². The molecule has 0 atom stereocenters. The molecule has 5 nitrogen and oxygen atoms in total. The lowest BCUT2D eigenvalue weighted by molar-refractivity contribution is 1.13. The van der Waals surface area contributed by atoms with Crippen molar-refractivity contribution < 1.29 is 0 Å². The SMILES string of the molecule is Nc1n[nH]c2c1c(Nc1ccc(Cl)cc1)nc1ccc(Br)cc12. The van der Waals surface area contributed by atoms with Crippen LogP contribution in [-0.4, -0.2) is 15.2 Å². The van der Waals surface area contributed by atoms with Crippen LogP contribution in [0.1, 0.15) is 0 Å². The van der Waals surface area contributed by atoms with Gasteiger partial charge in [-0.1, -0.05) is 27.5 Å². The maximum Gasteiger partial charge on any atom is 0.156 e. The van der Waals surface area contributed by atoms with Gasteiger partial charge in [0.15, 0.2) is 5.82 Å². The van der Waals surface area contributed by atoms with Crippen LogP contribution < -0.4 is 11.1 Å². The maximum absolute atomic E-state index is 6.03. The van der Waals surface area contributed by atoms with Gasteiger partial charge in [-0.25, -0.2) is 4.98 Å². The molecular weight excluding hydrogens is 378 g/mol. The molecule has 0 spiro atoms. The Morgan fingerprint density at radius 1 is 1.13 bits per heavy atom. The summed E-state index contributed by atoms with van der Waals surface area (Å²) < 4.78 is 0.972. The Morgan fingerprint density at radius 3 is 2.70 bits per heavy atom. The third-order valence-electron chi connectivity index (χ3n) is 3.60. The molecule has 2 aromatic carbocycles. The van der Waals surface area contributed by atoms with Crippen molar-refractivity contribution >= 4 is 66.7 Å². The molecule has 0 saturated heterocycles. The lowest BCUT2D eigenvalue weighted by atomic mass is 10.1. The van der Waals surface area contributed by atoms with Gasteiger partial charge in [0.25, 0.3) is 0 Å². The van der Waals surface area contributed by atoms with Gasteiger partial charge in [0.1, 0.15) is 5.82 Å². The summed E-state index contributed by atoms with van der Waals surface area (Å²) >= 11 is 9.41. The van der Waals surface area contributed by atoms with E-state index < -0.39 is 0 Å². The number of aromatic amines is 1. The molecular formula is C16H11BrClN5. The molecule has 23 heavy (non-hydrogen) atoms. The van der Waals surface area contributed by atoms with Crippen LogP contribution >= 0.6 is 27.5 Å². The van der Waals surface area contributed by atoms with E-state index in [-0.39, 0.29) is 0 Å². The van der Waals surface area contributed by atoms with Crippen LogP contribution in [0.3, 0.4) is 0 Å². The highest BCUT2D eigenvalue weighted by Crippen LogP contribution is 2.34. The number of benzene rings is 2. The van der Waals surface area contributed by atoms with E-state index in [4.69, 9.17) is 22.3 Å². The molecule has 114 valence electrons. The monoisotopic (exact) mass is 387 g/mol. The van der Waals surface area contributed by atoms with Crippen molar-refractivity contribution in [3.63, 3.8) is 0 Å². The summed E-state index contributed by atoms with van der Waals surface area (Å²) in [7, 11) is 0. The molecule has 0 saturated carbocycles. The molecule has 0 fully saturated rings. The number of hydrogen-bond donors (Lipinski definition) is 3. The number of halogens is 2. The van der Waals surface area contributed by atoms with Crippen LogP contribution in [0.4, 0.5) is 17.3 Å². The first-order chi connectivity index (χ1) is 11.1. The summed E-state index contributed by atoms with van der Waals surface area (Å²) in [4.78, 5) is 4.69. The largest absolute Gasteiger partial charge is 0.382 e. The van der Waals surface area contributed by atoms with Gasteiger partial charge >= 0.3 is 0 Å². The van der Waals surface area contributed by atoms with Gasteiger partial charge in [0, 0.05) is 20.6 Å². The zero-order valence-electron chi connectivity index (χ0n) is 11.8. The standard InChI is InChI=1S/C16H11BrClN5/c17-8-1-6-12-11(7-8)14-13(15(19)23-22-14)16(21-12)20-10-4-2-9(18)3-5-10/h1-7H,(H,20,21)(H3,19,22,23). The zero-order valence-corrected chi connectivity index (χ0v) is 14.1. The fourth-order valence-corrected chi connectivity index (χ4v) is 3.02. The van der Waals surface area contributed by atoms with Crippen molar-refractivity contribution in [1.82, 2.24) is 15.2 Å². The Bertz CT molecular complexity index is 1030. The first-order valence-corrected chi connectivity index (χ1v) is 8.04. The molecule has 4 rings (SSSR count). The first kappa shape index (κ1) is 14.3. The van der Waals surface area contributed by atoms with Crippen LogP contribution in [0.2, 0.25) is 5.02 Å². The number of nitrogen functional groups attached to an aromatic ring is 1.